The number of carbonyl (C=O) groups is 4. The number of anilines is 1. The second kappa shape index (κ2) is 14.1. The zero-order valence-corrected chi connectivity index (χ0v) is 34.7. The highest BCUT2D eigenvalue weighted by Crippen LogP contribution is 2.68. The van der Waals surface area contributed by atoms with Crippen molar-refractivity contribution in [3.8, 4) is 5.75 Å². The molecule has 9 rings (SSSR count). The highest BCUT2D eigenvalue weighted by Gasteiger charge is 2.81. The summed E-state index contributed by atoms with van der Waals surface area (Å²) >= 11 is 0. The highest BCUT2D eigenvalue weighted by atomic mass is 16.6. The molecule has 3 aromatic rings. The number of carbonyl (C=O) groups excluding carboxylic acids is 4. The van der Waals surface area contributed by atoms with Crippen molar-refractivity contribution in [3.05, 3.63) is 82.6 Å². The summed E-state index contributed by atoms with van der Waals surface area (Å²) in [6.45, 7) is 8.97. The van der Waals surface area contributed by atoms with Crippen LogP contribution in [0.2, 0.25) is 0 Å². The standard InChI is InChI=1S/C46H54N4O9/c1-7-28-20-29-23-45(41(53)57-5,37-31(14-18-48(24-28)25-29)30-12-9-10-13-34(30)47-37)33-21-32-35(22-36(33)56-4)50(26-51)39-44(32)16-19-49-17-11-15-43(8-2,38(44)49)40(59-27(3)52)46(39,55)42(54)58-6/h9-13,15,20-22,26,29,38-40,47,55H,7-8,14,16-19,23-25H2,1-6H3/t29-,38+,39?,40+,43+,44+,45-,46-/m0/s1. The van der Waals surface area contributed by atoms with Crippen LogP contribution in [0.5, 0.6) is 5.75 Å². The van der Waals surface area contributed by atoms with E-state index in [2.05, 4.69) is 33.8 Å². The number of fused-ring (bicyclic) bond motifs is 6. The molecule has 1 amide bonds. The Kier molecular flexibility index (Phi) is 9.41. The van der Waals surface area contributed by atoms with Crippen LogP contribution in [0.15, 0.2) is 60.2 Å². The van der Waals surface area contributed by atoms with Gasteiger partial charge in [0.2, 0.25) is 12.0 Å². The van der Waals surface area contributed by atoms with Crippen molar-refractivity contribution in [2.24, 2.45) is 11.3 Å². The number of nitrogens with zero attached hydrogens (tertiary/aromatic N) is 3. The lowest BCUT2D eigenvalue weighted by atomic mass is 9.47. The molecule has 1 saturated carbocycles. The monoisotopic (exact) mass is 806 g/mol. The molecule has 59 heavy (non-hydrogen) atoms. The van der Waals surface area contributed by atoms with Crippen LogP contribution in [-0.2, 0) is 50.6 Å². The van der Waals surface area contributed by atoms with E-state index in [9.17, 15) is 19.5 Å². The number of aromatic nitrogens is 1. The van der Waals surface area contributed by atoms with E-state index in [1.165, 1.54) is 31.6 Å². The maximum atomic E-state index is 15.3. The lowest BCUT2D eigenvalue weighted by Crippen LogP contribution is -2.81. The molecule has 2 bridgehead atoms. The lowest BCUT2D eigenvalue weighted by Gasteiger charge is -2.63. The number of esters is 3. The molecule has 1 aliphatic carbocycles. The number of aliphatic hydroxyl groups is 1. The molecule has 6 heterocycles. The number of para-hydroxylation sites is 1. The second-order valence-corrected chi connectivity index (χ2v) is 17.4. The summed E-state index contributed by atoms with van der Waals surface area (Å²) in [5.74, 6) is -1.81. The van der Waals surface area contributed by atoms with Crippen LogP contribution >= 0.6 is 0 Å². The van der Waals surface area contributed by atoms with Crippen LogP contribution in [0.3, 0.4) is 0 Å². The van der Waals surface area contributed by atoms with E-state index in [-0.39, 0.29) is 5.92 Å². The van der Waals surface area contributed by atoms with E-state index in [0.717, 1.165) is 48.2 Å². The van der Waals surface area contributed by atoms with Gasteiger partial charge >= 0.3 is 17.9 Å². The van der Waals surface area contributed by atoms with Gasteiger partial charge in [0, 0.05) is 78.2 Å². The zero-order valence-electron chi connectivity index (χ0n) is 34.7. The van der Waals surface area contributed by atoms with Crippen LogP contribution in [0.25, 0.3) is 10.9 Å². The van der Waals surface area contributed by atoms with Crippen molar-refractivity contribution in [1.29, 1.82) is 0 Å². The number of amides is 1. The maximum absolute atomic E-state index is 15.3. The number of ether oxygens (including phenoxy) is 4. The molecule has 312 valence electrons. The first-order valence-corrected chi connectivity index (χ1v) is 20.9. The number of aromatic amines is 1. The van der Waals surface area contributed by atoms with Gasteiger partial charge in [0.05, 0.1) is 33.1 Å². The first-order valence-electron chi connectivity index (χ1n) is 20.9. The Balaban J connectivity index is 1.39. The van der Waals surface area contributed by atoms with Crippen molar-refractivity contribution >= 4 is 40.9 Å². The molecule has 13 heteroatoms. The Hall–Kier alpha value is -4.98. The fraction of sp³-hybridized carbons (Fsp3) is 0.522. The molecule has 2 N–H and O–H groups in total. The van der Waals surface area contributed by atoms with Gasteiger partial charge in [0.25, 0.3) is 0 Å². The van der Waals surface area contributed by atoms with E-state index >= 15 is 4.79 Å². The molecule has 2 aromatic carbocycles. The third-order valence-corrected chi connectivity index (χ3v) is 15.0. The number of rotatable bonds is 8. The van der Waals surface area contributed by atoms with Gasteiger partial charge in [0.1, 0.15) is 11.2 Å². The second-order valence-electron chi connectivity index (χ2n) is 17.4. The zero-order chi connectivity index (χ0) is 41.6. The van der Waals surface area contributed by atoms with Crippen LogP contribution in [0.4, 0.5) is 5.69 Å². The van der Waals surface area contributed by atoms with Gasteiger partial charge in [-0.15, -0.1) is 0 Å². The van der Waals surface area contributed by atoms with Gasteiger partial charge in [-0.2, -0.15) is 0 Å². The fourth-order valence-corrected chi connectivity index (χ4v) is 12.9. The smallest absolute Gasteiger partial charge is 0.344 e. The quantitative estimate of drug-likeness (QED) is 0.145. The molecule has 6 aliphatic rings. The van der Waals surface area contributed by atoms with E-state index in [0.29, 0.717) is 67.7 Å². The third kappa shape index (κ3) is 5.13. The van der Waals surface area contributed by atoms with Crippen molar-refractivity contribution in [3.63, 3.8) is 0 Å². The first-order chi connectivity index (χ1) is 28.4. The molecule has 1 aromatic heterocycles. The van der Waals surface area contributed by atoms with Crippen LogP contribution in [0.1, 0.15) is 68.8 Å². The topological polar surface area (TPSA) is 151 Å². The maximum Gasteiger partial charge on any atom is 0.344 e. The predicted molar refractivity (Wildman–Crippen MR) is 219 cm³/mol. The number of H-pyrrole nitrogens is 1. The van der Waals surface area contributed by atoms with Gasteiger partial charge in [-0.1, -0.05) is 55.8 Å². The van der Waals surface area contributed by atoms with E-state index in [1.807, 2.05) is 43.3 Å². The molecule has 5 aliphatic heterocycles. The van der Waals surface area contributed by atoms with Crippen LogP contribution in [-0.4, -0.2) is 122 Å². The Morgan fingerprint density at radius 2 is 1.80 bits per heavy atom. The number of benzene rings is 2. The normalized spacial score (nSPS) is 34.3. The average molecular weight is 807 g/mol. The Labute approximate surface area is 344 Å². The average Bonchev–Trinajstić information content (AvgIpc) is 3.92. The largest absolute Gasteiger partial charge is 0.496 e. The molecule has 1 saturated heterocycles. The van der Waals surface area contributed by atoms with Gasteiger partial charge in [-0.25, -0.2) is 4.79 Å². The van der Waals surface area contributed by atoms with Crippen molar-refractivity contribution in [2.45, 2.75) is 87.5 Å². The Morgan fingerprint density at radius 3 is 2.49 bits per heavy atom. The van der Waals surface area contributed by atoms with Crippen molar-refractivity contribution < 1.29 is 43.2 Å². The molecule has 0 radical (unpaired) electrons. The summed E-state index contributed by atoms with van der Waals surface area (Å²) in [6, 6.07) is 10.2. The summed E-state index contributed by atoms with van der Waals surface area (Å²) in [6.07, 6.45) is 8.34. The minimum Gasteiger partial charge on any atom is -0.496 e. The highest BCUT2D eigenvalue weighted by molar-refractivity contribution is 5.96. The minimum atomic E-state index is -2.51. The molecule has 1 spiro atoms. The van der Waals surface area contributed by atoms with E-state index in [4.69, 9.17) is 18.9 Å². The first kappa shape index (κ1) is 39.5. The summed E-state index contributed by atoms with van der Waals surface area (Å²) in [7, 11) is 4.16. The van der Waals surface area contributed by atoms with E-state index in [1.54, 1.807) is 13.2 Å². The van der Waals surface area contributed by atoms with Crippen molar-refractivity contribution in [2.75, 3.05) is 59.0 Å². The Morgan fingerprint density at radius 1 is 1.02 bits per heavy atom. The summed E-state index contributed by atoms with van der Waals surface area (Å²) in [5.41, 5.74) is -0.420. The number of methoxy groups -OCH3 is 3. The predicted octanol–water partition coefficient (Wildman–Crippen LogP) is 4.32. The van der Waals surface area contributed by atoms with E-state index < -0.39 is 57.9 Å². The SMILES string of the molecule is CCC1=C[C@@H]2CN(CCc3c([nH]c4ccccc34)[C@@](C(=O)OC)(c3cc4c(cc3OC)N(C=O)C3[C@]45CCN4CC=C[C@](CC)([C@@H]45)[C@@H](OC(C)=O)[C@]3(O)C(=O)OC)C2)C1. The van der Waals surface area contributed by atoms with Gasteiger partial charge in [-0.05, 0) is 67.8 Å². The fourth-order valence-electron chi connectivity index (χ4n) is 12.9. The number of nitrogens with one attached hydrogen (secondary N) is 1. The number of hydrogen-bond donors (Lipinski definition) is 2. The molecule has 13 nitrogen and oxygen atoms in total. The Bertz CT molecular complexity index is 2320. The van der Waals surface area contributed by atoms with Gasteiger partial charge in [-0.3, -0.25) is 24.2 Å². The molecule has 2 fully saturated rings. The minimum absolute atomic E-state index is 0.0349. The van der Waals surface area contributed by atoms with Gasteiger partial charge in [0.15, 0.2) is 6.10 Å². The number of hydrogen-bond acceptors (Lipinski definition) is 11. The molecular formula is C46H54N4O9. The molecular weight excluding hydrogens is 753 g/mol. The van der Waals surface area contributed by atoms with Crippen molar-refractivity contribution in [1.82, 2.24) is 14.8 Å². The van der Waals surface area contributed by atoms with Crippen LogP contribution in [0, 0.1) is 11.3 Å². The van der Waals surface area contributed by atoms with Gasteiger partial charge < -0.3 is 33.9 Å². The van der Waals surface area contributed by atoms with Crippen LogP contribution < -0.4 is 9.64 Å². The molecule has 9 atom stereocenters. The summed E-state index contributed by atoms with van der Waals surface area (Å²) < 4.78 is 23.7. The third-order valence-electron chi connectivity index (χ3n) is 15.0. The summed E-state index contributed by atoms with van der Waals surface area (Å²) in [4.78, 5) is 66.3. The summed E-state index contributed by atoms with van der Waals surface area (Å²) in [5, 5.41) is 14.3. The molecule has 2 unspecified atom stereocenters. The lowest BCUT2D eigenvalue weighted by molar-refractivity contribution is -0.228.